The van der Waals surface area contributed by atoms with E-state index in [1.54, 1.807) is 18.3 Å². The van der Waals surface area contributed by atoms with Crippen LogP contribution < -0.4 is 9.80 Å². The van der Waals surface area contributed by atoms with Crippen LogP contribution in [-0.2, 0) is 10.9 Å². The highest BCUT2D eigenvalue weighted by atomic mass is 19.4. The summed E-state index contributed by atoms with van der Waals surface area (Å²) < 4.78 is 46.9. The van der Waals surface area contributed by atoms with E-state index in [0.717, 1.165) is 50.7 Å². The smallest absolute Gasteiger partial charge is 0.370 e. The van der Waals surface area contributed by atoms with E-state index in [9.17, 15) is 13.2 Å². The van der Waals surface area contributed by atoms with Crippen LogP contribution in [0.2, 0.25) is 0 Å². The monoisotopic (exact) mass is 485 g/mol. The molecule has 3 aromatic rings. The van der Waals surface area contributed by atoms with Crippen molar-refractivity contribution in [2.75, 3.05) is 42.6 Å². The van der Waals surface area contributed by atoms with Crippen LogP contribution in [0.5, 0.6) is 0 Å². The molecule has 0 aromatic carbocycles. The molecule has 35 heavy (non-hydrogen) atoms. The summed E-state index contributed by atoms with van der Waals surface area (Å²) in [6.45, 7) is 7.57. The van der Waals surface area contributed by atoms with Gasteiger partial charge in [-0.3, -0.25) is 4.98 Å². The van der Waals surface area contributed by atoms with Gasteiger partial charge in [0.2, 0.25) is 0 Å². The minimum atomic E-state index is -4.44. The van der Waals surface area contributed by atoms with E-state index in [4.69, 9.17) is 9.72 Å². The number of halogens is 3. The second-order valence-corrected chi connectivity index (χ2v) is 9.68. The Morgan fingerprint density at radius 1 is 1.14 bits per heavy atom. The molecule has 0 amide bonds. The van der Waals surface area contributed by atoms with Gasteiger partial charge in [0.25, 0.3) is 0 Å². The number of ether oxygens (including phenoxy) is 1. The SMILES string of the molecule is C=Cc1nn(C2CCCCO2)c2nc(N3CCC4(CN(c5ccnc(C(F)(F)F)c5)C4)C3)cnc12. The van der Waals surface area contributed by atoms with E-state index < -0.39 is 11.9 Å². The van der Waals surface area contributed by atoms with Crippen LogP contribution in [0.3, 0.4) is 0 Å². The molecule has 0 radical (unpaired) electrons. The molecule has 3 aliphatic rings. The summed E-state index contributed by atoms with van der Waals surface area (Å²) in [5.74, 6) is 0.781. The predicted octanol–water partition coefficient (Wildman–Crippen LogP) is 4.30. The standard InChI is InChI=1S/C24H26F3N7O/c1-2-17-21-22(34(31-17)20-5-3-4-10-35-20)30-19(12-29-21)32-9-7-23(13-32)14-33(15-23)16-6-8-28-18(11-16)24(25,26)27/h2,6,8,11-12,20H,1,3-5,7,9-10,13-15H2. The fraction of sp³-hybridized carbons (Fsp3) is 0.500. The Labute approximate surface area is 200 Å². The van der Waals surface area contributed by atoms with Crippen molar-refractivity contribution in [2.24, 2.45) is 5.41 Å². The molecule has 3 aliphatic heterocycles. The van der Waals surface area contributed by atoms with Crippen molar-refractivity contribution in [2.45, 2.75) is 38.1 Å². The highest BCUT2D eigenvalue weighted by Gasteiger charge is 2.48. The van der Waals surface area contributed by atoms with Crippen molar-refractivity contribution in [3.05, 3.63) is 42.5 Å². The topological polar surface area (TPSA) is 72.2 Å². The Hall–Kier alpha value is -3.21. The lowest BCUT2D eigenvalue weighted by atomic mass is 9.79. The van der Waals surface area contributed by atoms with Gasteiger partial charge in [0, 0.05) is 50.1 Å². The summed E-state index contributed by atoms with van der Waals surface area (Å²) in [6.07, 6.45) is 4.05. The molecule has 0 bridgehead atoms. The maximum Gasteiger partial charge on any atom is 0.433 e. The van der Waals surface area contributed by atoms with Gasteiger partial charge in [-0.25, -0.2) is 14.6 Å². The molecule has 6 rings (SSSR count). The highest BCUT2D eigenvalue weighted by molar-refractivity contribution is 5.81. The van der Waals surface area contributed by atoms with Crippen molar-refractivity contribution in [3.63, 3.8) is 0 Å². The van der Waals surface area contributed by atoms with Gasteiger partial charge in [0.1, 0.15) is 22.7 Å². The van der Waals surface area contributed by atoms with E-state index in [-0.39, 0.29) is 11.6 Å². The third-order valence-corrected chi connectivity index (χ3v) is 7.25. The first-order valence-electron chi connectivity index (χ1n) is 11.9. The number of nitrogens with zero attached hydrogens (tertiary/aromatic N) is 7. The van der Waals surface area contributed by atoms with Gasteiger partial charge in [-0.05, 0) is 43.9 Å². The van der Waals surface area contributed by atoms with Gasteiger partial charge in [0.05, 0.1) is 6.20 Å². The molecule has 1 unspecified atom stereocenters. The molecule has 184 valence electrons. The van der Waals surface area contributed by atoms with Gasteiger partial charge < -0.3 is 14.5 Å². The Morgan fingerprint density at radius 3 is 2.71 bits per heavy atom. The quantitative estimate of drug-likeness (QED) is 0.546. The molecule has 1 spiro atoms. The normalized spacial score (nSPS) is 22.1. The van der Waals surface area contributed by atoms with Crippen LogP contribution in [0.25, 0.3) is 17.2 Å². The zero-order valence-electron chi connectivity index (χ0n) is 19.2. The molecular weight excluding hydrogens is 459 g/mol. The number of alkyl halides is 3. The molecular formula is C24H26F3N7O. The Kier molecular flexibility index (Phi) is 5.21. The van der Waals surface area contributed by atoms with Crippen LogP contribution in [0, 0.1) is 5.41 Å². The summed E-state index contributed by atoms with van der Waals surface area (Å²) >= 11 is 0. The molecule has 6 heterocycles. The number of anilines is 2. The minimum Gasteiger partial charge on any atom is -0.370 e. The van der Waals surface area contributed by atoms with E-state index in [0.29, 0.717) is 42.2 Å². The Morgan fingerprint density at radius 2 is 1.97 bits per heavy atom. The zero-order chi connectivity index (χ0) is 24.2. The summed E-state index contributed by atoms with van der Waals surface area (Å²) in [5.41, 5.74) is 1.82. The van der Waals surface area contributed by atoms with E-state index >= 15 is 0 Å². The molecule has 8 nitrogen and oxygen atoms in total. The Balaban J connectivity index is 1.20. The minimum absolute atomic E-state index is 0.0251. The summed E-state index contributed by atoms with van der Waals surface area (Å²) in [5, 5.41) is 4.66. The lowest BCUT2D eigenvalue weighted by Gasteiger charge is -2.49. The van der Waals surface area contributed by atoms with Crippen molar-refractivity contribution >= 4 is 28.7 Å². The summed E-state index contributed by atoms with van der Waals surface area (Å²) in [4.78, 5) is 17.3. The van der Waals surface area contributed by atoms with Crippen molar-refractivity contribution in [1.29, 1.82) is 0 Å². The molecule has 0 saturated carbocycles. The van der Waals surface area contributed by atoms with Gasteiger partial charge >= 0.3 is 6.18 Å². The molecule has 0 N–H and O–H groups in total. The van der Waals surface area contributed by atoms with Crippen LogP contribution in [0.4, 0.5) is 24.7 Å². The first-order chi connectivity index (χ1) is 16.9. The fourth-order valence-electron chi connectivity index (χ4n) is 5.43. The maximum atomic E-state index is 13.0. The van der Waals surface area contributed by atoms with E-state index in [2.05, 4.69) is 26.5 Å². The summed E-state index contributed by atoms with van der Waals surface area (Å²) in [7, 11) is 0. The first-order valence-corrected chi connectivity index (χ1v) is 11.9. The zero-order valence-corrected chi connectivity index (χ0v) is 19.2. The number of aromatic nitrogens is 5. The largest absolute Gasteiger partial charge is 0.433 e. The van der Waals surface area contributed by atoms with Gasteiger partial charge in [0.15, 0.2) is 11.9 Å². The average molecular weight is 486 g/mol. The van der Waals surface area contributed by atoms with Gasteiger partial charge in [-0.1, -0.05) is 6.58 Å². The number of hydrogen-bond donors (Lipinski definition) is 0. The molecule has 1 atom stereocenters. The average Bonchev–Trinajstić information content (AvgIpc) is 3.45. The van der Waals surface area contributed by atoms with Crippen LogP contribution >= 0.6 is 0 Å². The summed E-state index contributed by atoms with van der Waals surface area (Å²) in [6, 6.07) is 2.77. The predicted molar refractivity (Wildman–Crippen MR) is 125 cm³/mol. The first kappa shape index (κ1) is 22.3. The third kappa shape index (κ3) is 3.91. The molecule has 3 aromatic heterocycles. The Bertz CT molecular complexity index is 1260. The fourth-order valence-corrected chi connectivity index (χ4v) is 5.43. The molecule has 11 heteroatoms. The van der Waals surface area contributed by atoms with Crippen LogP contribution in [0.1, 0.15) is 43.3 Å². The van der Waals surface area contributed by atoms with E-state index in [1.165, 1.54) is 6.20 Å². The van der Waals surface area contributed by atoms with Crippen molar-refractivity contribution in [3.8, 4) is 0 Å². The lowest BCUT2D eigenvalue weighted by molar-refractivity contribution is -0.141. The number of fused-ring (bicyclic) bond motifs is 1. The number of pyridine rings is 1. The van der Waals surface area contributed by atoms with Crippen molar-refractivity contribution < 1.29 is 17.9 Å². The van der Waals surface area contributed by atoms with Gasteiger partial charge in [-0.2, -0.15) is 18.3 Å². The van der Waals surface area contributed by atoms with Crippen LogP contribution in [0.15, 0.2) is 31.1 Å². The molecule has 3 fully saturated rings. The molecule has 3 saturated heterocycles. The van der Waals surface area contributed by atoms with Crippen LogP contribution in [-0.4, -0.2) is 57.5 Å². The second kappa shape index (κ2) is 8.18. The third-order valence-electron chi connectivity index (χ3n) is 7.25. The van der Waals surface area contributed by atoms with Gasteiger partial charge in [-0.15, -0.1) is 0 Å². The van der Waals surface area contributed by atoms with Crippen molar-refractivity contribution in [1.82, 2.24) is 24.7 Å². The molecule has 0 aliphatic carbocycles. The lowest BCUT2D eigenvalue weighted by Crippen LogP contribution is -2.57. The number of rotatable bonds is 4. The highest BCUT2D eigenvalue weighted by Crippen LogP contribution is 2.43. The van der Waals surface area contributed by atoms with E-state index in [1.807, 2.05) is 9.58 Å². The second-order valence-electron chi connectivity index (χ2n) is 9.68. The maximum absolute atomic E-state index is 13.0. The number of hydrogen-bond acceptors (Lipinski definition) is 7.